The molecule has 0 unspecified atom stereocenters. The molecule has 0 bridgehead atoms. The van der Waals surface area contributed by atoms with Crippen molar-refractivity contribution in [3.8, 4) is 0 Å². The predicted octanol–water partition coefficient (Wildman–Crippen LogP) is 4.73. The molecule has 0 radical (unpaired) electrons. The van der Waals surface area contributed by atoms with Crippen molar-refractivity contribution >= 4 is 39.0 Å². The lowest BCUT2D eigenvalue weighted by Gasteiger charge is -2.08. The molecule has 0 aliphatic heterocycles. The molecule has 104 valence electrons. The first-order valence-electron chi connectivity index (χ1n) is 6.36. The van der Waals surface area contributed by atoms with Crippen LogP contribution in [0, 0.1) is 11.7 Å². The topological polar surface area (TPSA) is 37.8 Å². The highest BCUT2D eigenvalue weighted by atomic mass is 79.9. The molecule has 2 aromatic rings. The van der Waals surface area contributed by atoms with Crippen molar-refractivity contribution in [2.75, 3.05) is 5.32 Å². The molecule has 1 aliphatic carbocycles. The lowest BCUT2D eigenvalue weighted by Crippen LogP contribution is -2.01. The number of aromatic nitrogens is 2. The molecule has 20 heavy (non-hydrogen) atoms. The minimum atomic E-state index is -0.300. The summed E-state index contributed by atoms with van der Waals surface area (Å²) in [5.41, 5.74) is 0.741. The van der Waals surface area contributed by atoms with E-state index in [0.717, 1.165) is 17.9 Å². The van der Waals surface area contributed by atoms with E-state index in [-0.39, 0.29) is 5.82 Å². The summed E-state index contributed by atoms with van der Waals surface area (Å²) in [6.45, 7) is 0. The summed E-state index contributed by atoms with van der Waals surface area (Å²) in [6.07, 6.45) is 3.34. The SMILES string of the molecule is Fc1ccc(Nc2cc(Cl)nc(CC3CC3)n2)cc1Br. The van der Waals surface area contributed by atoms with Crippen LogP contribution in [-0.2, 0) is 6.42 Å². The molecule has 3 rings (SSSR count). The molecular formula is C14H12BrClFN3. The summed E-state index contributed by atoms with van der Waals surface area (Å²) >= 11 is 9.17. The Hall–Kier alpha value is -1.20. The Morgan fingerprint density at radius 3 is 2.80 bits per heavy atom. The van der Waals surface area contributed by atoms with Crippen LogP contribution >= 0.6 is 27.5 Å². The molecule has 1 aromatic heterocycles. The number of hydrogen-bond donors (Lipinski definition) is 1. The number of rotatable bonds is 4. The summed E-state index contributed by atoms with van der Waals surface area (Å²) in [7, 11) is 0. The third kappa shape index (κ3) is 3.46. The van der Waals surface area contributed by atoms with Crippen molar-refractivity contribution < 1.29 is 4.39 Å². The van der Waals surface area contributed by atoms with E-state index in [1.807, 2.05) is 0 Å². The van der Waals surface area contributed by atoms with Crippen molar-refractivity contribution in [1.29, 1.82) is 0 Å². The van der Waals surface area contributed by atoms with Gasteiger partial charge >= 0.3 is 0 Å². The fourth-order valence-electron chi connectivity index (χ4n) is 1.92. The molecule has 3 nitrogen and oxygen atoms in total. The molecule has 1 saturated carbocycles. The normalized spacial score (nSPS) is 14.3. The molecule has 1 N–H and O–H groups in total. The maximum atomic E-state index is 13.2. The van der Waals surface area contributed by atoms with Gasteiger partial charge < -0.3 is 5.32 Å². The maximum Gasteiger partial charge on any atom is 0.137 e. The van der Waals surface area contributed by atoms with E-state index in [9.17, 15) is 4.39 Å². The zero-order chi connectivity index (χ0) is 14.1. The van der Waals surface area contributed by atoms with Gasteiger partial charge in [-0.25, -0.2) is 14.4 Å². The van der Waals surface area contributed by atoms with Gasteiger partial charge in [0.25, 0.3) is 0 Å². The van der Waals surface area contributed by atoms with E-state index in [2.05, 4.69) is 31.2 Å². The van der Waals surface area contributed by atoms with Gasteiger partial charge in [0.1, 0.15) is 22.6 Å². The minimum absolute atomic E-state index is 0.300. The van der Waals surface area contributed by atoms with Crippen LogP contribution in [0.1, 0.15) is 18.7 Å². The van der Waals surface area contributed by atoms with Gasteiger partial charge in [-0.2, -0.15) is 0 Å². The van der Waals surface area contributed by atoms with Gasteiger partial charge in [0.05, 0.1) is 4.47 Å². The van der Waals surface area contributed by atoms with Crippen LogP contribution in [0.15, 0.2) is 28.7 Å². The highest BCUT2D eigenvalue weighted by molar-refractivity contribution is 9.10. The van der Waals surface area contributed by atoms with Crippen LogP contribution in [0.4, 0.5) is 15.9 Å². The summed E-state index contributed by atoms with van der Waals surface area (Å²) in [4.78, 5) is 8.68. The molecule has 6 heteroatoms. The van der Waals surface area contributed by atoms with Gasteiger partial charge in [-0.3, -0.25) is 0 Å². The third-order valence-electron chi connectivity index (χ3n) is 3.10. The predicted molar refractivity (Wildman–Crippen MR) is 80.9 cm³/mol. The first-order valence-corrected chi connectivity index (χ1v) is 7.53. The van der Waals surface area contributed by atoms with Crippen molar-refractivity contribution in [3.05, 3.63) is 45.5 Å². The lowest BCUT2D eigenvalue weighted by molar-refractivity contribution is 0.621. The Balaban J connectivity index is 1.81. The fourth-order valence-corrected chi connectivity index (χ4v) is 2.50. The van der Waals surface area contributed by atoms with Gasteiger partial charge in [-0.1, -0.05) is 11.6 Å². The van der Waals surface area contributed by atoms with Crippen LogP contribution in [0.25, 0.3) is 0 Å². The van der Waals surface area contributed by atoms with Crippen molar-refractivity contribution in [1.82, 2.24) is 9.97 Å². The average Bonchev–Trinajstić information content (AvgIpc) is 3.17. The monoisotopic (exact) mass is 355 g/mol. The molecule has 0 amide bonds. The Morgan fingerprint density at radius 2 is 2.10 bits per heavy atom. The highest BCUT2D eigenvalue weighted by Crippen LogP contribution is 2.32. The zero-order valence-corrected chi connectivity index (χ0v) is 12.9. The van der Waals surface area contributed by atoms with Crippen LogP contribution in [-0.4, -0.2) is 9.97 Å². The maximum absolute atomic E-state index is 13.2. The van der Waals surface area contributed by atoms with Gasteiger partial charge in [0.2, 0.25) is 0 Å². The summed E-state index contributed by atoms with van der Waals surface area (Å²) in [6, 6.07) is 6.36. The molecule has 0 saturated heterocycles. The first kappa shape index (κ1) is 13.8. The van der Waals surface area contributed by atoms with E-state index >= 15 is 0 Å². The van der Waals surface area contributed by atoms with E-state index in [0.29, 0.717) is 21.4 Å². The van der Waals surface area contributed by atoms with Crippen LogP contribution in [0.3, 0.4) is 0 Å². The largest absolute Gasteiger partial charge is 0.340 e. The number of halogens is 3. The van der Waals surface area contributed by atoms with Crippen molar-refractivity contribution in [2.24, 2.45) is 5.92 Å². The quantitative estimate of drug-likeness (QED) is 0.805. The highest BCUT2D eigenvalue weighted by Gasteiger charge is 2.23. The van der Waals surface area contributed by atoms with E-state index in [4.69, 9.17) is 11.6 Å². The standard InChI is InChI=1S/C14H12BrClFN3/c15-10-6-9(3-4-11(10)17)18-14-7-12(16)19-13(20-14)5-8-1-2-8/h3-4,6-8H,1-2,5H2,(H,18,19,20). The van der Waals surface area contributed by atoms with E-state index < -0.39 is 0 Å². The van der Waals surface area contributed by atoms with Gasteiger partial charge in [0, 0.05) is 18.2 Å². The Morgan fingerprint density at radius 1 is 1.30 bits per heavy atom. The molecule has 1 aliphatic rings. The number of nitrogens with one attached hydrogen (secondary N) is 1. The van der Waals surface area contributed by atoms with Gasteiger partial charge in [-0.15, -0.1) is 0 Å². The molecule has 1 fully saturated rings. The van der Waals surface area contributed by atoms with Gasteiger partial charge in [0.15, 0.2) is 0 Å². The second-order valence-electron chi connectivity index (χ2n) is 4.89. The second-order valence-corrected chi connectivity index (χ2v) is 6.14. The number of anilines is 2. The Bertz CT molecular complexity index is 646. The average molecular weight is 357 g/mol. The first-order chi connectivity index (χ1) is 9.60. The Kier molecular flexibility index (Phi) is 3.89. The minimum Gasteiger partial charge on any atom is -0.340 e. The smallest absolute Gasteiger partial charge is 0.137 e. The summed E-state index contributed by atoms with van der Waals surface area (Å²) in [5.74, 6) is 1.77. The number of nitrogens with zero attached hydrogens (tertiary/aromatic N) is 2. The lowest BCUT2D eigenvalue weighted by atomic mass is 10.3. The molecule has 1 aromatic carbocycles. The van der Waals surface area contributed by atoms with Crippen molar-refractivity contribution in [3.63, 3.8) is 0 Å². The fraction of sp³-hybridized carbons (Fsp3) is 0.286. The van der Waals surface area contributed by atoms with Crippen LogP contribution in [0.2, 0.25) is 5.15 Å². The van der Waals surface area contributed by atoms with Crippen LogP contribution < -0.4 is 5.32 Å². The second kappa shape index (κ2) is 5.66. The number of benzene rings is 1. The molecule has 1 heterocycles. The Labute approximate surface area is 129 Å². The van der Waals surface area contributed by atoms with Crippen molar-refractivity contribution in [2.45, 2.75) is 19.3 Å². The van der Waals surface area contributed by atoms with E-state index in [1.165, 1.54) is 18.9 Å². The third-order valence-corrected chi connectivity index (χ3v) is 3.90. The van der Waals surface area contributed by atoms with Crippen LogP contribution in [0.5, 0.6) is 0 Å². The van der Waals surface area contributed by atoms with Gasteiger partial charge in [-0.05, 0) is 52.9 Å². The van der Waals surface area contributed by atoms with E-state index in [1.54, 1.807) is 18.2 Å². The number of hydrogen-bond acceptors (Lipinski definition) is 3. The molecule has 0 spiro atoms. The molecular weight excluding hydrogens is 345 g/mol. The molecule has 0 atom stereocenters. The summed E-state index contributed by atoms with van der Waals surface area (Å²) < 4.78 is 13.6. The summed E-state index contributed by atoms with van der Waals surface area (Å²) in [5, 5.41) is 3.53. The zero-order valence-electron chi connectivity index (χ0n) is 10.5.